The second-order valence-corrected chi connectivity index (χ2v) is 6.94. The van der Waals surface area contributed by atoms with E-state index in [0.717, 1.165) is 5.56 Å². The van der Waals surface area contributed by atoms with Crippen LogP contribution in [-0.2, 0) is 11.3 Å². The summed E-state index contributed by atoms with van der Waals surface area (Å²) in [6, 6.07) is 9.74. The van der Waals surface area contributed by atoms with Crippen LogP contribution in [0.25, 0.3) is 0 Å². The van der Waals surface area contributed by atoms with Gasteiger partial charge in [0.2, 0.25) is 0 Å². The van der Waals surface area contributed by atoms with E-state index in [1.807, 2.05) is 44.2 Å². The van der Waals surface area contributed by atoms with E-state index in [4.69, 9.17) is 0 Å². The van der Waals surface area contributed by atoms with Crippen molar-refractivity contribution in [2.45, 2.75) is 50.9 Å². The minimum atomic E-state index is -0.813. The highest BCUT2D eigenvalue weighted by atomic mass is 16.3. The molecule has 2 heterocycles. The number of hydrogen-bond donors (Lipinski definition) is 2. The molecule has 1 aromatic rings. The molecule has 0 aliphatic carbocycles. The van der Waals surface area contributed by atoms with Crippen molar-refractivity contribution < 1.29 is 14.7 Å². The summed E-state index contributed by atoms with van der Waals surface area (Å²) in [5, 5.41) is 12.7. The molecule has 2 aliphatic heterocycles. The van der Waals surface area contributed by atoms with Gasteiger partial charge in [-0.15, -0.1) is 0 Å². The Morgan fingerprint density at radius 3 is 2.38 bits per heavy atom. The predicted molar refractivity (Wildman–Crippen MR) is 90.2 cm³/mol. The molecule has 3 rings (SSSR count). The van der Waals surface area contributed by atoms with Gasteiger partial charge in [-0.05, 0) is 32.3 Å². The van der Waals surface area contributed by atoms with Crippen LogP contribution < -0.4 is 5.32 Å². The van der Waals surface area contributed by atoms with E-state index < -0.39 is 5.54 Å². The van der Waals surface area contributed by atoms with Gasteiger partial charge in [-0.2, -0.15) is 0 Å². The Hall–Kier alpha value is -1.92. The highest BCUT2D eigenvalue weighted by molar-refractivity contribution is 6.07. The number of hydrogen-bond acceptors (Lipinski definition) is 4. The van der Waals surface area contributed by atoms with E-state index in [1.165, 1.54) is 4.90 Å². The maximum atomic E-state index is 13.1. The van der Waals surface area contributed by atoms with Crippen LogP contribution >= 0.6 is 0 Å². The van der Waals surface area contributed by atoms with Crippen molar-refractivity contribution in [2.75, 3.05) is 13.2 Å². The summed E-state index contributed by atoms with van der Waals surface area (Å²) in [5.41, 5.74) is 0.189. The van der Waals surface area contributed by atoms with E-state index in [-0.39, 0.29) is 37.2 Å². The Labute approximate surface area is 142 Å². The molecule has 0 saturated carbocycles. The summed E-state index contributed by atoms with van der Waals surface area (Å²) in [7, 11) is 0. The number of rotatable bonds is 4. The van der Waals surface area contributed by atoms with Crippen molar-refractivity contribution in [3.63, 3.8) is 0 Å². The number of imide groups is 1. The Kier molecular flexibility index (Phi) is 4.60. The molecule has 2 saturated heterocycles. The third kappa shape index (κ3) is 2.80. The van der Waals surface area contributed by atoms with E-state index in [1.54, 1.807) is 4.90 Å². The molecule has 3 atom stereocenters. The Morgan fingerprint density at radius 1 is 1.17 bits per heavy atom. The van der Waals surface area contributed by atoms with Crippen LogP contribution in [0.4, 0.5) is 4.79 Å². The normalized spacial score (nSPS) is 30.5. The molecule has 2 fully saturated rings. The van der Waals surface area contributed by atoms with Crippen molar-refractivity contribution in [3.05, 3.63) is 35.9 Å². The number of carbonyl (C=O) groups is 2. The number of urea groups is 1. The molecular formula is C18H25N3O3. The largest absolute Gasteiger partial charge is 0.395 e. The molecule has 3 amide bonds. The molecule has 2 N–H and O–H groups in total. The monoisotopic (exact) mass is 331 g/mol. The third-order valence-corrected chi connectivity index (χ3v) is 4.99. The fourth-order valence-electron chi connectivity index (χ4n) is 4.16. The van der Waals surface area contributed by atoms with Crippen molar-refractivity contribution in [1.29, 1.82) is 0 Å². The average Bonchev–Trinajstić information content (AvgIpc) is 2.71. The third-order valence-electron chi connectivity index (χ3n) is 4.99. The van der Waals surface area contributed by atoms with Crippen LogP contribution in [0.1, 0.15) is 32.3 Å². The summed E-state index contributed by atoms with van der Waals surface area (Å²) in [6.07, 6.45) is 1.19. The van der Waals surface area contributed by atoms with Crippen LogP contribution in [-0.4, -0.2) is 57.6 Å². The molecule has 130 valence electrons. The van der Waals surface area contributed by atoms with Gasteiger partial charge in [0, 0.05) is 18.6 Å². The topological polar surface area (TPSA) is 72.9 Å². The average molecular weight is 331 g/mol. The lowest BCUT2D eigenvalue weighted by atomic mass is 9.80. The first-order valence-corrected chi connectivity index (χ1v) is 8.52. The van der Waals surface area contributed by atoms with Gasteiger partial charge in [0.1, 0.15) is 5.54 Å². The maximum Gasteiger partial charge on any atom is 0.328 e. The van der Waals surface area contributed by atoms with Crippen molar-refractivity contribution in [2.24, 2.45) is 0 Å². The van der Waals surface area contributed by atoms with E-state index in [0.29, 0.717) is 19.4 Å². The number of β-amino-alcohol motifs (C(OH)–C–C–N with tert-alkyl or cyclic N) is 1. The molecule has 0 radical (unpaired) electrons. The Balaban J connectivity index is 1.98. The zero-order valence-electron chi connectivity index (χ0n) is 14.2. The number of amides is 3. The number of nitrogens with zero attached hydrogens (tertiary/aromatic N) is 2. The Morgan fingerprint density at radius 2 is 1.79 bits per heavy atom. The zero-order valence-corrected chi connectivity index (χ0v) is 14.2. The second-order valence-electron chi connectivity index (χ2n) is 6.94. The van der Waals surface area contributed by atoms with E-state index in [9.17, 15) is 14.7 Å². The molecular weight excluding hydrogens is 306 g/mol. The van der Waals surface area contributed by atoms with Gasteiger partial charge in [0.05, 0.1) is 13.2 Å². The van der Waals surface area contributed by atoms with Crippen molar-refractivity contribution in [3.8, 4) is 0 Å². The quantitative estimate of drug-likeness (QED) is 0.817. The van der Waals surface area contributed by atoms with Gasteiger partial charge in [0.15, 0.2) is 0 Å². The van der Waals surface area contributed by atoms with E-state index in [2.05, 4.69) is 5.32 Å². The summed E-state index contributed by atoms with van der Waals surface area (Å²) in [6.45, 7) is 4.35. The van der Waals surface area contributed by atoms with Crippen LogP contribution in [0.3, 0.4) is 0 Å². The van der Waals surface area contributed by atoms with Crippen LogP contribution in [0.5, 0.6) is 0 Å². The number of piperidine rings is 1. The maximum absolute atomic E-state index is 13.1. The number of aliphatic hydroxyl groups is 1. The second kappa shape index (κ2) is 6.53. The number of carbonyl (C=O) groups excluding carboxylic acids is 2. The lowest BCUT2D eigenvalue weighted by Gasteiger charge is -2.44. The first-order valence-electron chi connectivity index (χ1n) is 8.52. The van der Waals surface area contributed by atoms with Gasteiger partial charge in [-0.3, -0.25) is 9.69 Å². The molecule has 1 spiro atoms. The lowest BCUT2D eigenvalue weighted by molar-refractivity contribution is -0.136. The molecule has 2 aliphatic rings. The fraction of sp³-hybridized carbons (Fsp3) is 0.556. The molecule has 0 bridgehead atoms. The van der Waals surface area contributed by atoms with Crippen LogP contribution in [0, 0.1) is 0 Å². The Bertz CT molecular complexity index is 609. The van der Waals surface area contributed by atoms with E-state index >= 15 is 0 Å². The van der Waals surface area contributed by atoms with Gasteiger partial charge in [-0.1, -0.05) is 30.3 Å². The van der Waals surface area contributed by atoms with Gasteiger partial charge in [0.25, 0.3) is 5.91 Å². The van der Waals surface area contributed by atoms with Crippen LogP contribution in [0.2, 0.25) is 0 Å². The predicted octanol–water partition coefficient (Wildman–Crippen LogP) is 1.34. The highest BCUT2D eigenvalue weighted by Gasteiger charge is 2.58. The minimum Gasteiger partial charge on any atom is -0.395 e. The number of aliphatic hydroxyl groups excluding tert-OH is 1. The van der Waals surface area contributed by atoms with Crippen molar-refractivity contribution in [1.82, 2.24) is 15.1 Å². The zero-order chi connectivity index (χ0) is 17.3. The SMILES string of the molecule is C[C@@H]1CC2(C[C@H](C)N1)C(=O)N(CCO)C(=O)N2Cc1ccccc1. The van der Waals surface area contributed by atoms with Crippen molar-refractivity contribution >= 4 is 11.9 Å². The first-order chi connectivity index (χ1) is 11.5. The van der Waals surface area contributed by atoms with Gasteiger partial charge < -0.3 is 15.3 Å². The summed E-state index contributed by atoms with van der Waals surface area (Å²) in [4.78, 5) is 28.9. The number of nitrogens with one attached hydrogen (secondary N) is 1. The summed E-state index contributed by atoms with van der Waals surface area (Å²) < 4.78 is 0. The standard InChI is InChI=1S/C18H25N3O3/c1-13-10-18(11-14(2)19-13)16(23)20(8-9-22)17(24)21(18)12-15-6-4-3-5-7-15/h3-7,13-14,19,22H,8-12H2,1-2H3/t13-,14+,18?. The fourth-order valence-corrected chi connectivity index (χ4v) is 4.16. The lowest BCUT2D eigenvalue weighted by Crippen LogP contribution is -2.60. The molecule has 6 nitrogen and oxygen atoms in total. The molecule has 0 aromatic heterocycles. The highest BCUT2D eigenvalue weighted by Crippen LogP contribution is 2.39. The smallest absolute Gasteiger partial charge is 0.328 e. The number of benzene rings is 1. The van der Waals surface area contributed by atoms with Gasteiger partial charge >= 0.3 is 6.03 Å². The first kappa shape index (κ1) is 16.9. The summed E-state index contributed by atoms with van der Waals surface area (Å²) >= 11 is 0. The van der Waals surface area contributed by atoms with Gasteiger partial charge in [-0.25, -0.2) is 4.79 Å². The van der Waals surface area contributed by atoms with Crippen LogP contribution in [0.15, 0.2) is 30.3 Å². The minimum absolute atomic E-state index is 0.0564. The molecule has 24 heavy (non-hydrogen) atoms. The molecule has 1 aromatic carbocycles. The molecule has 1 unspecified atom stereocenters. The summed E-state index contributed by atoms with van der Waals surface area (Å²) in [5.74, 6) is -0.169. The molecule has 6 heteroatoms.